The Labute approximate surface area is 225 Å². The maximum Gasteiger partial charge on any atom is 0.306 e. The lowest BCUT2D eigenvalue weighted by Crippen LogP contribution is -2.49. The van der Waals surface area contributed by atoms with Gasteiger partial charge in [-0.25, -0.2) is 17.6 Å². The largest absolute Gasteiger partial charge is 0.460 e. The number of nitrogens with two attached hydrogens (primary N) is 1. The average molecular weight is 573 g/mol. The molecule has 2 heterocycles. The molecule has 0 aliphatic carbocycles. The molecule has 3 amide bonds. The van der Waals surface area contributed by atoms with E-state index in [-0.39, 0.29) is 41.1 Å². The van der Waals surface area contributed by atoms with Crippen LogP contribution in [0.3, 0.4) is 0 Å². The molecule has 2 unspecified atom stereocenters. The number of alkyl halides is 3. The first-order valence-corrected chi connectivity index (χ1v) is 12.0. The fraction of sp³-hybridized carbons (Fsp3) is 0.400. The number of benzene rings is 1. The van der Waals surface area contributed by atoms with Crippen molar-refractivity contribution in [1.82, 2.24) is 15.2 Å². The maximum atomic E-state index is 15.2. The number of halogens is 5. The van der Waals surface area contributed by atoms with Crippen LogP contribution in [0, 0.1) is 5.82 Å². The van der Waals surface area contributed by atoms with Crippen LogP contribution in [0.5, 0.6) is 0 Å². The highest BCUT2D eigenvalue weighted by atomic mass is 35.5. The Morgan fingerprint density at radius 3 is 2.46 bits per heavy atom. The molecule has 0 bridgehead atoms. The minimum atomic E-state index is -3.99. The zero-order valence-electron chi connectivity index (χ0n) is 21.1. The smallest absolute Gasteiger partial charge is 0.306 e. The first-order chi connectivity index (χ1) is 18.0. The van der Waals surface area contributed by atoms with Crippen LogP contribution in [0.4, 0.5) is 17.6 Å². The molecular weight excluding hydrogens is 548 g/mol. The summed E-state index contributed by atoms with van der Waals surface area (Å²) in [6.07, 6.45) is -3.50. The number of aromatic nitrogens is 1. The van der Waals surface area contributed by atoms with Gasteiger partial charge in [0.1, 0.15) is 17.3 Å². The zero-order valence-corrected chi connectivity index (χ0v) is 21.8. The van der Waals surface area contributed by atoms with Crippen LogP contribution in [0.1, 0.15) is 65.6 Å². The van der Waals surface area contributed by atoms with Crippen molar-refractivity contribution >= 4 is 35.3 Å². The number of carbonyl (C=O) groups is 4. The van der Waals surface area contributed by atoms with Gasteiger partial charge in [0.05, 0.1) is 5.02 Å². The fourth-order valence-corrected chi connectivity index (χ4v) is 4.12. The third kappa shape index (κ3) is 6.64. The Balaban J connectivity index is 1.80. The number of hydrogen-bond donors (Lipinski definition) is 2. The summed E-state index contributed by atoms with van der Waals surface area (Å²) in [5.41, 5.74) is 3.32. The molecule has 210 valence electrons. The van der Waals surface area contributed by atoms with Crippen molar-refractivity contribution in [2.45, 2.75) is 64.0 Å². The normalized spacial score (nSPS) is 15.5. The number of ether oxygens (including phenoxy) is 1. The van der Waals surface area contributed by atoms with Gasteiger partial charge < -0.3 is 20.7 Å². The Hall–Kier alpha value is -3.74. The summed E-state index contributed by atoms with van der Waals surface area (Å²) < 4.78 is 62.0. The summed E-state index contributed by atoms with van der Waals surface area (Å²) in [7, 11) is 0. The minimum absolute atomic E-state index is 0.0841. The van der Waals surface area contributed by atoms with Crippen LogP contribution in [0.15, 0.2) is 30.5 Å². The van der Waals surface area contributed by atoms with Gasteiger partial charge >= 0.3 is 5.97 Å². The Kier molecular flexibility index (Phi) is 8.53. The lowest BCUT2D eigenvalue weighted by Gasteiger charge is -2.26. The first kappa shape index (κ1) is 29.8. The highest BCUT2D eigenvalue weighted by Gasteiger charge is 2.48. The summed E-state index contributed by atoms with van der Waals surface area (Å²) in [4.78, 5) is 54.2. The third-order valence-electron chi connectivity index (χ3n) is 5.69. The van der Waals surface area contributed by atoms with Gasteiger partial charge in [-0.3, -0.25) is 24.2 Å². The van der Waals surface area contributed by atoms with Gasteiger partial charge in [-0.2, -0.15) is 0 Å². The molecule has 1 aromatic heterocycles. The summed E-state index contributed by atoms with van der Waals surface area (Å²) in [5.74, 6) is -8.94. The quantitative estimate of drug-likeness (QED) is 0.268. The summed E-state index contributed by atoms with van der Waals surface area (Å²) in [5, 5.41) is 1.20. The van der Waals surface area contributed by atoms with Crippen LogP contribution in [-0.2, 0) is 26.7 Å². The molecule has 0 saturated carbocycles. The highest BCUT2D eigenvalue weighted by Crippen LogP contribution is 2.33. The number of hydrogen-bond acceptors (Lipinski definition) is 6. The average Bonchev–Trinajstić information content (AvgIpc) is 3.13. The molecule has 1 aromatic carbocycles. The summed E-state index contributed by atoms with van der Waals surface area (Å²) in [6.45, 7) is 4.80. The number of carbonyl (C=O) groups excluding carboxylic acids is 4. The van der Waals surface area contributed by atoms with Crippen molar-refractivity contribution in [1.29, 1.82) is 0 Å². The number of primary amides is 1. The Morgan fingerprint density at radius 2 is 1.90 bits per heavy atom. The van der Waals surface area contributed by atoms with Gasteiger partial charge in [-0.1, -0.05) is 11.6 Å². The second-order valence-corrected chi connectivity index (χ2v) is 10.2. The standard InChI is InChI=1S/C25H25ClF4N4O5/c1-24(2,3)39-18(35)7-6-17(20(31)36)34-11-13-8-12(4-5-15(13)22(34)38)21(37)33-25(30,23(28)29)19-16(27)9-14(26)10-32-19/h4-5,8-10,17,23H,6-7,11H2,1-3H3,(H2,31,36)(H,33,37). The number of amides is 3. The molecule has 3 N–H and O–H groups in total. The van der Waals surface area contributed by atoms with Crippen molar-refractivity contribution in [2.24, 2.45) is 5.73 Å². The monoisotopic (exact) mass is 572 g/mol. The number of nitrogens with one attached hydrogen (secondary N) is 1. The second kappa shape index (κ2) is 11.2. The van der Waals surface area contributed by atoms with Crippen LogP contribution in [-0.4, -0.2) is 51.6 Å². The van der Waals surface area contributed by atoms with Crippen LogP contribution in [0.2, 0.25) is 5.02 Å². The summed E-state index contributed by atoms with van der Waals surface area (Å²) >= 11 is 5.55. The Bertz CT molecular complexity index is 1320. The van der Waals surface area contributed by atoms with E-state index in [1.54, 1.807) is 20.8 Å². The molecule has 2 atom stereocenters. The van der Waals surface area contributed by atoms with Crippen LogP contribution in [0.25, 0.3) is 0 Å². The van der Waals surface area contributed by atoms with E-state index < -0.39 is 59.1 Å². The molecule has 0 radical (unpaired) electrons. The van der Waals surface area contributed by atoms with E-state index in [0.717, 1.165) is 23.2 Å². The number of pyridine rings is 1. The molecule has 9 nitrogen and oxygen atoms in total. The van der Waals surface area contributed by atoms with E-state index in [0.29, 0.717) is 6.07 Å². The predicted molar refractivity (Wildman–Crippen MR) is 130 cm³/mol. The Morgan fingerprint density at radius 1 is 1.23 bits per heavy atom. The maximum absolute atomic E-state index is 15.2. The molecule has 0 spiro atoms. The highest BCUT2D eigenvalue weighted by molar-refractivity contribution is 6.30. The number of nitrogens with zero attached hydrogens (tertiary/aromatic N) is 2. The van der Waals surface area contributed by atoms with Gasteiger partial charge in [0.2, 0.25) is 5.91 Å². The first-order valence-electron chi connectivity index (χ1n) is 11.6. The van der Waals surface area contributed by atoms with Crippen LogP contribution < -0.4 is 11.1 Å². The number of rotatable bonds is 9. The minimum Gasteiger partial charge on any atom is -0.460 e. The zero-order chi connectivity index (χ0) is 29.3. The van der Waals surface area contributed by atoms with E-state index >= 15 is 4.39 Å². The van der Waals surface area contributed by atoms with E-state index in [4.69, 9.17) is 22.1 Å². The predicted octanol–water partition coefficient (Wildman–Crippen LogP) is 3.62. The van der Waals surface area contributed by atoms with E-state index in [2.05, 4.69) is 4.98 Å². The van der Waals surface area contributed by atoms with Gasteiger partial charge in [0.15, 0.2) is 5.82 Å². The molecule has 0 fully saturated rings. The van der Waals surface area contributed by atoms with Crippen molar-refractivity contribution in [3.63, 3.8) is 0 Å². The van der Waals surface area contributed by atoms with E-state index in [9.17, 15) is 32.3 Å². The molecule has 39 heavy (non-hydrogen) atoms. The van der Waals surface area contributed by atoms with E-state index in [1.807, 2.05) is 0 Å². The second-order valence-electron chi connectivity index (χ2n) is 9.80. The molecule has 1 aliphatic rings. The molecule has 14 heteroatoms. The molecular formula is C25H25ClF4N4O5. The fourth-order valence-electron chi connectivity index (χ4n) is 3.97. The third-order valence-corrected chi connectivity index (χ3v) is 5.90. The van der Waals surface area contributed by atoms with Gasteiger partial charge in [-0.15, -0.1) is 0 Å². The van der Waals surface area contributed by atoms with Crippen molar-refractivity contribution < 1.29 is 41.5 Å². The number of fused-ring (bicyclic) bond motifs is 1. The van der Waals surface area contributed by atoms with Crippen molar-refractivity contribution in [3.8, 4) is 0 Å². The van der Waals surface area contributed by atoms with E-state index in [1.165, 1.54) is 11.4 Å². The molecule has 1 aliphatic heterocycles. The molecule has 0 saturated heterocycles. The topological polar surface area (TPSA) is 132 Å². The van der Waals surface area contributed by atoms with Crippen molar-refractivity contribution in [2.75, 3.05) is 0 Å². The summed E-state index contributed by atoms with van der Waals surface area (Å²) in [6, 6.07) is 2.80. The number of esters is 1. The molecule has 2 aromatic rings. The lowest BCUT2D eigenvalue weighted by atomic mass is 10.0. The lowest BCUT2D eigenvalue weighted by molar-refractivity contribution is -0.155. The van der Waals surface area contributed by atoms with Gasteiger partial charge in [0.25, 0.3) is 24.0 Å². The molecule has 3 rings (SSSR count). The van der Waals surface area contributed by atoms with Crippen molar-refractivity contribution in [3.05, 3.63) is 63.7 Å². The van der Waals surface area contributed by atoms with Gasteiger partial charge in [0, 0.05) is 30.3 Å². The van der Waals surface area contributed by atoms with Gasteiger partial charge in [-0.05, 0) is 57.0 Å². The SMILES string of the molecule is CC(C)(C)OC(=O)CCC(C(N)=O)N1Cc2cc(C(=O)NC(F)(c3ncc(Cl)cc3F)C(F)F)ccc2C1=O. The van der Waals surface area contributed by atoms with Crippen LogP contribution >= 0.6 is 11.6 Å².